The van der Waals surface area contributed by atoms with Gasteiger partial charge in [0.15, 0.2) is 17.3 Å². The number of hydrogen-bond donors (Lipinski definition) is 2. The lowest BCUT2D eigenvalue weighted by Gasteiger charge is -2.21. The van der Waals surface area contributed by atoms with Gasteiger partial charge in [-0.25, -0.2) is 0 Å². The topological polar surface area (TPSA) is 113 Å². The minimum Gasteiger partial charge on any atom is -0.609 e. The second-order valence-corrected chi connectivity index (χ2v) is 9.19. The fourth-order valence-corrected chi connectivity index (χ4v) is 3.71. The first-order chi connectivity index (χ1) is 15.6. The zero-order valence-corrected chi connectivity index (χ0v) is 20.0. The molecule has 1 atom stereocenters. The number of aromatic amines is 1. The van der Waals surface area contributed by atoms with Gasteiger partial charge in [0.25, 0.3) is 0 Å². The molecule has 3 rings (SSSR count). The SMILES string of the molecule is COc1ccnc(C[S+]([O-])c2nc3cc(OC(F)F)ccc3[nH]2)c1OC.C[N+](C)(C)CCO. The van der Waals surface area contributed by atoms with Gasteiger partial charge in [-0.15, -0.1) is 0 Å². The van der Waals surface area contributed by atoms with Crippen LogP contribution in [0.3, 0.4) is 0 Å². The van der Waals surface area contributed by atoms with Crippen molar-refractivity contribution in [3.8, 4) is 17.2 Å². The highest BCUT2D eigenvalue weighted by Gasteiger charge is 2.22. The van der Waals surface area contributed by atoms with Crippen molar-refractivity contribution >= 4 is 22.2 Å². The molecule has 0 radical (unpaired) electrons. The van der Waals surface area contributed by atoms with Crippen molar-refractivity contribution in [2.75, 3.05) is 48.5 Å². The summed E-state index contributed by atoms with van der Waals surface area (Å²) < 4.78 is 52.9. The van der Waals surface area contributed by atoms with Crippen molar-refractivity contribution in [3.63, 3.8) is 0 Å². The second kappa shape index (κ2) is 12.0. The molecule has 33 heavy (non-hydrogen) atoms. The van der Waals surface area contributed by atoms with Crippen LogP contribution in [-0.4, -0.2) is 84.2 Å². The first-order valence-corrected chi connectivity index (χ1v) is 11.2. The Morgan fingerprint density at radius 3 is 2.45 bits per heavy atom. The molecule has 0 saturated heterocycles. The van der Waals surface area contributed by atoms with E-state index in [9.17, 15) is 13.3 Å². The molecule has 0 saturated carbocycles. The normalized spacial score (nSPS) is 12.3. The molecule has 182 valence electrons. The maximum atomic E-state index is 12.6. The smallest absolute Gasteiger partial charge is 0.387 e. The van der Waals surface area contributed by atoms with E-state index in [0.717, 1.165) is 11.0 Å². The highest BCUT2D eigenvalue weighted by molar-refractivity contribution is 7.90. The Balaban J connectivity index is 0.000000479. The Morgan fingerprint density at radius 2 is 1.91 bits per heavy atom. The van der Waals surface area contributed by atoms with Crippen LogP contribution in [0.1, 0.15) is 5.69 Å². The van der Waals surface area contributed by atoms with E-state index in [0.29, 0.717) is 28.2 Å². The molecule has 0 aliphatic heterocycles. The van der Waals surface area contributed by atoms with Crippen LogP contribution in [0, 0.1) is 0 Å². The number of imidazole rings is 1. The van der Waals surface area contributed by atoms with Crippen LogP contribution >= 0.6 is 0 Å². The summed E-state index contributed by atoms with van der Waals surface area (Å²) in [5, 5.41) is 8.58. The maximum absolute atomic E-state index is 12.6. The number of aliphatic hydroxyl groups is 1. The summed E-state index contributed by atoms with van der Waals surface area (Å²) in [6.07, 6.45) is 1.53. The maximum Gasteiger partial charge on any atom is 0.387 e. The molecule has 0 aliphatic carbocycles. The van der Waals surface area contributed by atoms with Crippen molar-refractivity contribution in [1.82, 2.24) is 15.0 Å². The van der Waals surface area contributed by atoms with E-state index in [4.69, 9.17) is 14.6 Å². The van der Waals surface area contributed by atoms with E-state index in [1.54, 1.807) is 6.07 Å². The van der Waals surface area contributed by atoms with Crippen LogP contribution in [0.2, 0.25) is 0 Å². The number of pyridine rings is 1. The zero-order valence-electron chi connectivity index (χ0n) is 19.2. The van der Waals surface area contributed by atoms with Gasteiger partial charge < -0.3 is 28.4 Å². The summed E-state index contributed by atoms with van der Waals surface area (Å²) >= 11 is -1.56. The van der Waals surface area contributed by atoms with Crippen LogP contribution < -0.4 is 14.2 Å². The Labute approximate surface area is 194 Å². The molecule has 0 bridgehead atoms. The third kappa shape index (κ3) is 8.00. The van der Waals surface area contributed by atoms with Gasteiger partial charge in [0.05, 0.1) is 53.0 Å². The highest BCUT2D eigenvalue weighted by Crippen LogP contribution is 2.31. The van der Waals surface area contributed by atoms with Crippen molar-refractivity contribution in [1.29, 1.82) is 0 Å². The number of hydrogen-bond acceptors (Lipinski definition) is 7. The molecule has 2 aromatic heterocycles. The van der Waals surface area contributed by atoms with E-state index in [1.807, 2.05) is 0 Å². The van der Waals surface area contributed by atoms with Gasteiger partial charge in [0.2, 0.25) is 0 Å². The van der Waals surface area contributed by atoms with Gasteiger partial charge >= 0.3 is 11.8 Å². The number of nitrogens with zero attached hydrogens (tertiary/aromatic N) is 3. The summed E-state index contributed by atoms with van der Waals surface area (Å²) in [6, 6.07) is 5.90. The van der Waals surface area contributed by atoms with Crippen molar-refractivity contribution in [2.45, 2.75) is 17.5 Å². The minimum absolute atomic E-state index is 0.0209. The number of fused-ring (bicyclic) bond motifs is 1. The van der Waals surface area contributed by atoms with E-state index in [-0.39, 0.29) is 23.3 Å². The molecule has 0 aliphatic rings. The number of nitrogens with one attached hydrogen (secondary N) is 1. The standard InChI is InChI=1S/C16H15F2N3O4S.C5H14NO/c1-23-13-5-6-19-12(14(13)24-2)8-26(22)16-20-10-4-3-9(25-15(17)18)7-11(10)21-16;1-6(2,3)4-5-7/h3-7,15H,8H2,1-2H3,(H,20,21);7H,4-5H2,1-3H3/q;+1. The molecular weight excluding hydrogens is 458 g/mol. The lowest BCUT2D eigenvalue weighted by molar-refractivity contribution is -0.870. The first-order valence-electron chi connectivity index (χ1n) is 9.88. The number of alkyl halides is 2. The molecule has 1 aromatic carbocycles. The average molecular weight is 488 g/mol. The van der Waals surface area contributed by atoms with Gasteiger partial charge in [-0.2, -0.15) is 13.8 Å². The Kier molecular flexibility index (Phi) is 9.65. The minimum atomic E-state index is -2.92. The van der Waals surface area contributed by atoms with Crippen molar-refractivity contribution in [2.24, 2.45) is 0 Å². The molecule has 2 N–H and O–H groups in total. The van der Waals surface area contributed by atoms with E-state index >= 15 is 0 Å². The van der Waals surface area contributed by atoms with Gasteiger partial charge in [-0.3, -0.25) is 9.97 Å². The number of halogens is 2. The number of aromatic nitrogens is 3. The summed E-state index contributed by atoms with van der Waals surface area (Å²) in [6.45, 7) is -1.81. The Hall–Kier alpha value is -2.67. The largest absolute Gasteiger partial charge is 0.609 e. The van der Waals surface area contributed by atoms with Crippen molar-refractivity contribution < 1.29 is 37.1 Å². The molecule has 1 unspecified atom stereocenters. The molecule has 9 nitrogen and oxygen atoms in total. The summed E-state index contributed by atoms with van der Waals surface area (Å²) in [7, 11) is 9.12. The number of benzene rings is 1. The van der Waals surface area contributed by atoms with Crippen LogP contribution in [0.5, 0.6) is 17.2 Å². The number of aliphatic hydroxyl groups excluding tert-OH is 1. The predicted molar refractivity (Wildman–Crippen MR) is 120 cm³/mol. The van der Waals surface area contributed by atoms with Gasteiger partial charge in [0, 0.05) is 29.5 Å². The Bertz CT molecular complexity index is 1030. The summed E-state index contributed by atoms with van der Waals surface area (Å²) in [5.41, 5.74) is 1.38. The second-order valence-electron chi connectivity index (χ2n) is 7.82. The monoisotopic (exact) mass is 487 g/mol. The van der Waals surface area contributed by atoms with Crippen LogP contribution in [0.25, 0.3) is 11.0 Å². The number of H-pyrrole nitrogens is 1. The first kappa shape index (κ1) is 26.6. The molecule has 2 heterocycles. The molecule has 3 aromatic rings. The van der Waals surface area contributed by atoms with Gasteiger partial charge in [-0.05, 0) is 12.1 Å². The number of quaternary nitrogens is 1. The third-order valence-corrected chi connectivity index (χ3v) is 5.44. The van der Waals surface area contributed by atoms with Gasteiger partial charge in [0.1, 0.15) is 18.0 Å². The molecule has 0 spiro atoms. The van der Waals surface area contributed by atoms with E-state index in [2.05, 4.69) is 40.8 Å². The van der Waals surface area contributed by atoms with E-state index < -0.39 is 17.8 Å². The number of likely N-dealkylation sites (N-methyl/N-ethyl adjacent to an activating group) is 1. The van der Waals surface area contributed by atoms with E-state index in [1.165, 1.54) is 38.6 Å². The van der Waals surface area contributed by atoms with Crippen LogP contribution in [-0.2, 0) is 16.9 Å². The molecule has 0 fully saturated rings. The van der Waals surface area contributed by atoms with Gasteiger partial charge in [-0.1, -0.05) is 0 Å². The average Bonchev–Trinajstić information content (AvgIpc) is 3.16. The Morgan fingerprint density at radius 1 is 1.18 bits per heavy atom. The van der Waals surface area contributed by atoms with Crippen LogP contribution in [0.4, 0.5) is 8.78 Å². The highest BCUT2D eigenvalue weighted by atomic mass is 32.2. The fourth-order valence-electron chi connectivity index (χ4n) is 2.69. The quantitative estimate of drug-likeness (QED) is 0.352. The fraction of sp³-hybridized carbons (Fsp3) is 0.429. The molecule has 0 amide bonds. The number of ether oxygens (including phenoxy) is 3. The van der Waals surface area contributed by atoms with Crippen LogP contribution in [0.15, 0.2) is 35.6 Å². The predicted octanol–water partition coefficient (Wildman–Crippen LogP) is 2.57. The van der Waals surface area contributed by atoms with Crippen molar-refractivity contribution in [3.05, 3.63) is 36.2 Å². The number of methoxy groups -OCH3 is 2. The lowest BCUT2D eigenvalue weighted by Crippen LogP contribution is -2.36. The lowest BCUT2D eigenvalue weighted by atomic mass is 10.3. The molecular formula is C21H29F2N4O5S+. The summed E-state index contributed by atoms with van der Waals surface area (Å²) in [5.74, 6) is 0.896. The summed E-state index contributed by atoms with van der Waals surface area (Å²) in [4.78, 5) is 11.3. The molecule has 12 heteroatoms. The number of rotatable bonds is 9. The third-order valence-electron chi connectivity index (χ3n) is 4.28. The zero-order chi connectivity index (χ0) is 24.6.